The highest BCUT2D eigenvalue weighted by Gasteiger charge is 2.27. The summed E-state index contributed by atoms with van der Waals surface area (Å²) in [5.74, 6) is 0.965. The number of hydrogen-bond acceptors (Lipinski definition) is 7. The van der Waals surface area contributed by atoms with E-state index in [1.165, 1.54) is 16.0 Å². The molecule has 4 rings (SSSR count). The number of nitrogens with zero attached hydrogens (tertiary/aromatic N) is 3. The van der Waals surface area contributed by atoms with E-state index in [2.05, 4.69) is 10.1 Å². The number of hydrogen-bond donors (Lipinski definition) is 0. The van der Waals surface area contributed by atoms with Crippen LogP contribution < -0.4 is 0 Å². The lowest BCUT2D eigenvalue weighted by Crippen LogP contribution is -2.41. The Morgan fingerprint density at radius 1 is 1.39 bits per heavy atom. The minimum absolute atomic E-state index is 0.0392. The normalized spacial score (nSPS) is 20.2. The third-order valence-corrected chi connectivity index (χ3v) is 6.54. The molecular formula is C20H27N3O4S. The molecule has 8 heteroatoms. The van der Waals surface area contributed by atoms with Crippen LogP contribution in [0.5, 0.6) is 0 Å². The van der Waals surface area contributed by atoms with Crippen molar-refractivity contribution in [2.75, 3.05) is 40.0 Å². The van der Waals surface area contributed by atoms with Crippen LogP contribution in [-0.2, 0) is 29.0 Å². The van der Waals surface area contributed by atoms with Gasteiger partial charge in [0.2, 0.25) is 0 Å². The number of fused-ring (bicyclic) bond motifs is 1. The lowest BCUT2D eigenvalue weighted by Gasteiger charge is -2.29. The van der Waals surface area contributed by atoms with Gasteiger partial charge in [-0.2, -0.15) is 0 Å². The van der Waals surface area contributed by atoms with Crippen LogP contribution in [0.2, 0.25) is 0 Å². The number of aryl methyl sites for hydroxylation is 2. The van der Waals surface area contributed by atoms with Crippen molar-refractivity contribution in [3.05, 3.63) is 38.4 Å². The first-order chi connectivity index (χ1) is 13.5. The molecule has 2 aromatic heterocycles. The second-order valence-electron chi connectivity index (χ2n) is 7.57. The fourth-order valence-electron chi connectivity index (χ4n) is 3.88. The van der Waals surface area contributed by atoms with Gasteiger partial charge in [-0.15, -0.1) is 11.3 Å². The van der Waals surface area contributed by atoms with Crippen LogP contribution in [0.15, 0.2) is 9.90 Å². The van der Waals surface area contributed by atoms with E-state index < -0.39 is 0 Å². The maximum atomic E-state index is 13.0. The van der Waals surface area contributed by atoms with Gasteiger partial charge in [-0.3, -0.25) is 9.69 Å². The van der Waals surface area contributed by atoms with E-state index in [0.29, 0.717) is 26.4 Å². The molecule has 0 saturated carbocycles. The zero-order valence-electron chi connectivity index (χ0n) is 16.7. The summed E-state index contributed by atoms with van der Waals surface area (Å²) in [6.07, 6.45) is 0.850. The van der Waals surface area contributed by atoms with Crippen molar-refractivity contribution in [3.8, 4) is 0 Å². The molecule has 1 fully saturated rings. The molecule has 0 N–H and O–H groups in total. The van der Waals surface area contributed by atoms with Crippen LogP contribution in [0.25, 0.3) is 0 Å². The number of carbonyl (C=O) groups excluding carboxylic acids is 1. The van der Waals surface area contributed by atoms with Gasteiger partial charge in [0.05, 0.1) is 37.2 Å². The largest absolute Gasteiger partial charge is 0.376 e. The Morgan fingerprint density at radius 3 is 2.96 bits per heavy atom. The number of carbonyl (C=O) groups is 1. The lowest BCUT2D eigenvalue weighted by molar-refractivity contribution is -0.0933. The summed E-state index contributed by atoms with van der Waals surface area (Å²) in [6, 6.07) is 0. The van der Waals surface area contributed by atoms with Gasteiger partial charge in [0.15, 0.2) is 0 Å². The Hall–Kier alpha value is -1.74. The van der Waals surface area contributed by atoms with Crippen molar-refractivity contribution in [1.29, 1.82) is 0 Å². The maximum absolute atomic E-state index is 13.0. The molecule has 0 radical (unpaired) electrons. The van der Waals surface area contributed by atoms with Gasteiger partial charge in [0.1, 0.15) is 5.76 Å². The molecule has 0 aromatic carbocycles. The van der Waals surface area contributed by atoms with Gasteiger partial charge < -0.3 is 18.9 Å². The van der Waals surface area contributed by atoms with Gasteiger partial charge >= 0.3 is 0 Å². The van der Waals surface area contributed by atoms with Crippen molar-refractivity contribution in [2.45, 2.75) is 39.5 Å². The number of aromatic nitrogens is 1. The summed E-state index contributed by atoms with van der Waals surface area (Å²) in [5.41, 5.74) is 4.18. The van der Waals surface area contributed by atoms with Crippen molar-refractivity contribution >= 4 is 17.2 Å². The van der Waals surface area contributed by atoms with E-state index in [1.807, 2.05) is 26.3 Å². The molecule has 1 atom stereocenters. The standard InChI is InChI=1S/C20H27N3O4S/c1-13-17(14(2)27-21-13)9-23-5-4-16-18(12-28-19(16)10-23)20(24)22(3)8-15-11-25-6-7-26-15/h12,15H,4-11H2,1-3H3/t15-/m0/s1. The van der Waals surface area contributed by atoms with Crippen LogP contribution >= 0.6 is 11.3 Å². The van der Waals surface area contributed by atoms with Crippen molar-refractivity contribution in [3.63, 3.8) is 0 Å². The molecule has 2 aliphatic rings. The first-order valence-corrected chi connectivity index (χ1v) is 10.6. The van der Waals surface area contributed by atoms with E-state index in [4.69, 9.17) is 14.0 Å². The molecule has 0 spiro atoms. The van der Waals surface area contributed by atoms with Crippen LogP contribution in [0.4, 0.5) is 0 Å². The van der Waals surface area contributed by atoms with E-state index in [-0.39, 0.29) is 12.0 Å². The maximum Gasteiger partial charge on any atom is 0.254 e. The number of ether oxygens (including phenoxy) is 2. The van der Waals surface area contributed by atoms with Crippen LogP contribution in [0, 0.1) is 13.8 Å². The molecular weight excluding hydrogens is 378 g/mol. The molecule has 7 nitrogen and oxygen atoms in total. The van der Waals surface area contributed by atoms with E-state index in [1.54, 1.807) is 16.2 Å². The zero-order valence-corrected chi connectivity index (χ0v) is 17.5. The minimum atomic E-state index is -0.0392. The van der Waals surface area contributed by atoms with Gasteiger partial charge in [-0.25, -0.2) is 0 Å². The molecule has 28 heavy (non-hydrogen) atoms. The second kappa shape index (κ2) is 8.32. The summed E-state index contributed by atoms with van der Waals surface area (Å²) < 4.78 is 16.4. The molecule has 0 unspecified atom stereocenters. The third-order valence-electron chi connectivity index (χ3n) is 5.53. The van der Waals surface area contributed by atoms with Gasteiger partial charge in [-0.1, -0.05) is 5.16 Å². The first kappa shape index (κ1) is 19.6. The smallest absolute Gasteiger partial charge is 0.254 e. The molecule has 1 amide bonds. The first-order valence-electron chi connectivity index (χ1n) is 9.71. The fraction of sp³-hybridized carbons (Fsp3) is 0.600. The zero-order chi connectivity index (χ0) is 19.7. The molecule has 4 heterocycles. The molecule has 152 valence electrons. The highest BCUT2D eigenvalue weighted by molar-refractivity contribution is 7.10. The summed E-state index contributed by atoms with van der Waals surface area (Å²) in [7, 11) is 1.84. The Kier molecular flexibility index (Phi) is 5.82. The van der Waals surface area contributed by atoms with Gasteiger partial charge in [0.25, 0.3) is 5.91 Å². The lowest BCUT2D eigenvalue weighted by atomic mass is 10.0. The Morgan fingerprint density at radius 2 is 2.25 bits per heavy atom. The predicted octanol–water partition coefficient (Wildman–Crippen LogP) is 2.40. The van der Waals surface area contributed by atoms with Crippen LogP contribution in [0.1, 0.15) is 37.8 Å². The summed E-state index contributed by atoms with van der Waals surface area (Å²) in [4.78, 5) is 18.4. The van der Waals surface area contributed by atoms with Gasteiger partial charge in [0, 0.05) is 49.0 Å². The Bertz CT molecular complexity index is 821. The predicted molar refractivity (Wildman–Crippen MR) is 106 cm³/mol. The fourth-order valence-corrected chi connectivity index (χ4v) is 5.00. The molecule has 0 bridgehead atoms. The minimum Gasteiger partial charge on any atom is -0.376 e. The van der Waals surface area contributed by atoms with Crippen molar-refractivity contribution in [2.24, 2.45) is 0 Å². The quantitative estimate of drug-likeness (QED) is 0.761. The summed E-state index contributed by atoms with van der Waals surface area (Å²) in [6.45, 7) is 8.91. The van der Waals surface area contributed by atoms with E-state index in [0.717, 1.165) is 43.1 Å². The highest BCUT2D eigenvalue weighted by Crippen LogP contribution is 2.31. The SMILES string of the molecule is Cc1noc(C)c1CN1CCc2c(C(=O)N(C)C[C@H]3COCCO3)csc2C1. The van der Waals surface area contributed by atoms with Crippen molar-refractivity contribution < 1.29 is 18.8 Å². The van der Waals surface area contributed by atoms with Crippen LogP contribution in [-0.4, -0.2) is 66.9 Å². The number of amides is 1. The number of likely N-dealkylation sites (N-methyl/N-ethyl adjacent to an activating group) is 1. The molecule has 2 aliphatic heterocycles. The van der Waals surface area contributed by atoms with E-state index >= 15 is 0 Å². The Labute approximate surface area is 169 Å². The third kappa shape index (κ3) is 4.00. The monoisotopic (exact) mass is 405 g/mol. The highest BCUT2D eigenvalue weighted by atomic mass is 32.1. The molecule has 1 saturated heterocycles. The number of thiophene rings is 1. The average molecular weight is 406 g/mol. The summed E-state index contributed by atoms with van der Waals surface area (Å²) >= 11 is 1.68. The van der Waals surface area contributed by atoms with Gasteiger partial charge in [-0.05, 0) is 25.8 Å². The Balaban J connectivity index is 1.41. The van der Waals surface area contributed by atoms with Crippen LogP contribution in [0.3, 0.4) is 0 Å². The number of rotatable bonds is 5. The topological polar surface area (TPSA) is 68.0 Å². The average Bonchev–Trinajstić information content (AvgIpc) is 3.26. The molecule has 2 aromatic rings. The second-order valence-corrected chi connectivity index (χ2v) is 8.53. The van der Waals surface area contributed by atoms with Crippen molar-refractivity contribution in [1.82, 2.24) is 15.0 Å². The summed E-state index contributed by atoms with van der Waals surface area (Å²) in [5, 5.41) is 6.07. The van der Waals surface area contributed by atoms with E-state index in [9.17, 15) is 4.79 Å². The molecule has 0 aliphatic carbocycles.